The average molecular weight is 317 g/mol. The number of carbonyl (C=O) groups is 1. The molecule has 0 spiro atoms. The van der Waals surface area contributed by atoms with E-state index < -0.39 is 0 Å². The minimum absolute atomic E-state index is 0.0925. The summed E-state index contributed by atoms with van der Waals surface area (Å²) >= 11 is 0. The first kappa shape index (κ1) is 15.7. The van der Waals surface area contributed by atoms with Gasteiger partial charge in [-0.25, -0.2) is 4.98 Å². The number of amides is 1. The lowest BCUT2D eigenvalue weighted by Gasteiger charge is -2.33. The summed E-state index contributed by atoms with van der Waals surface area (Å²) in [6, 6.07) is 1.88. The molecule has 0 aliphatic carbocycles. The van der Waals surface area contributed by atoms with Gasteiger partial charge in [-0.15, -0.1) is 0 Å². The molecule has 0 saturated carbocycles. The van der Waals surface area contributed by atoms with Crippen LogP contribution in [-0.4, -0.2) is 44.2 Å². The molecule has 2 atom stereocenters. The topological polar surface area (TPSA) is 76.0 Å². The number of aromatic nitrogens is 4. The molecule has 1 fully saturated rings. The van der Waals surface area contributed by atoms with Crippen LogP contribution in [0.2, 0.25) is 0 Å². The molecule has 124 valence electrons. The van der Waals surface area contributed by atoms with Gasteiger partial charge < -0.3 is 14.2 Å². The number of ether oxygens (including phenoxy) is 1. The maximum atomic E-state index is 12.9. The van der Waals surface area contributed by atoms with Gasteiger partial charge in [0.15, 0.2) is 0 Å². The van der Waals surface area contributed by atoms with Gasteiger partial charge in [-0.1, -0.05) is 0 Å². The maximum Gasteiger partial charge on any atom is 0.228 e. The molecule has 7 heteroatoms. The number of carbonyl (C=O) groups excluding carboxylic acids is 1. The van der Waals surface area contributed by atoms with Gasteiger partial charge in [0, 0.05) is 38.8 Å². The lowest BCUT2D eigenvalue weighted by atomic mass is 9.92. The van der Waals surface area contributed by atoms with E-state index in [1.54, 1.807) is 17.3 Å². The minimum atomic E-state index is -0.268. The first-order valence-corrected chi connectivity index (χ1v) is 8.06. The summed E-state index contributed by atoms with van der Waals surface area (Å²) in [6.07, 6.45) is 6.86. The van der Waals surface area contributed by atoms with Crippen LogP contribution in [0.15, 0.2) is 24.7 Å². The third-order valence-electron chi connectivity index (χ3n) is 4.32. The van der Waals surface area contributed by atoms with Crippen LogP contribution in [0.4, 0.5) is 0 Å². The van der Waals surface area contributed by atoms with E-state index in [1.807, 2.05) is 23.9 Å². The van der Waals surface area contributed by atoms with Crippen LogP contribution in [0.25, 0.3) is 0 Å². The van der Waals surface area contributed by atoms with E-state index >= 15 is 0 Å². The number of aryl methyl sites for hydroxylation is 1. The molecule has 1 aliphatic rings. The predicted octanol–water partition coefficient (Wildman–Crippen LogP) is 1.75. The van der Waals surface area contributed by atoms with Gasteiger partial charge in [-0.3, -0.25) is 9.89 Å². The van der Waals surface area contributed by atoms with E-state index in [-0.39, 0.29) is 17.9 Å². The van der Waals surface area contributed by atoms with Crippen LogP contribution in [0, 0.1) is 5.92 Å². The molecular weight excluding hydrogens is 294 g/mol. The van der Waals surface area contributed by atoms with Crippen LogP contribution in [0.3, 0.4) is 0 Å². The van der Waals surface area contributed by atoms with E-state index in [0.717, 1.165) is 30.9 Å². The van der Waals surface area contributed by atoms with Crippen molar-refractivity contribution in [2.45, 2.75) is 39.0 Å². The monoisotopic (exact) mass is 317 g/mol. The summed E-state index contributed by atoms with van der Waals surface area (Å²) in [5.74, 6) is 0.750. The fraction of sp³-hybridized carbons (Fsp3) is 0.562. The van der Waals surface area contributed by atoms with E-state index in [1.165, 1.54) is 0 Å². The number of rotatable bonds is 5. The van der Waals surface area contributed by atoms with Crippen molar-refractivity contribution in [1.29, 1.82) is 0 Å². The van der Waals surface area contributed by atoms with Crippen molar-refractivity contribution in [3.63, 3.8) is 0 Å². The molecule has 2 aromatic rings. The van der Waals surface area contributed by atoms with Crippen molar-refractivity contribution >= 4 is 5.91 Å². The van der Waals surface area contributed by atoms with E-state index in [2.05, 4.69) is 22.1 Å². The standard InChI is InChI=1S/C16H23N5O2/c1-3-21-9-8-17-15(21)14-13(5-4-10-23-14)16(22)20(2)11-12-6-7-18-19-12/h6-9,13-14H,3-5,10-11H2,1-2H3,(H,18,19)/t13-,14-/m1/s1. The Balaban J connectivity index is 1.76. The molecular formula is C16H23N5O2. The molecule has 7 nitrogen and oxygen atoms in total. The molecule has 0 radical (unpaired) electrons. The van der Waals surface area contributed by atoms with Crippen molar-refractivity contribution in [3.05, 3.63) is 36.2 Å². The fourth-order valence-corrected chi connectivity index (χ4v) is 3.12. The maximum absolute atomic E-state index is 12.9. The van der Waals surface area contributed by atoms with Crippen molar-refractivity contribution < 1.29 is 9.53 Å². The zero-order valence-corrected chi connectivity index (χ0v) is 13.6. The zero-order chi connectivity index (χ0) is 16.2. The highest BCUT2D eigenvalue weighted by Gasteiger charge is 2.37. The Bertz CT molecular complexity index is 637. The first-order valence-electron chi connectivity index (χ1n) is 8.06. The Morgan fingerprint density at radius 2 is 2.39 bits per heavy atom. The average Bonchev–Trinajstić information content (AvgIpc) is 3.25. The van der Waals surface area contributed by atoms with Crippen LogP contribution < -0.4 is 0 Å². The van der Waals surface area contributed by atoms with Gasteiger partial charge in [-0.2, -0.15) is 5.10 Å². The second kappa shape index (κ2) is 6.95. The smallest absolute Gasteiger partial charge is 0.228 e. The normalized spacial score (nSPS) is 21.3. The Kier molecular flexibility index (Phi) is 4.76. The SMILES string of the molecule is CCn1ccnc1[C@@H]1OCCC[C@H]1C(=O)N(C)Cc1ccn[nH]1. The molecule has 3 heterocycles. The molecule has 0 aromatic carbocycles. The molecule has 1 amide bonds. The molecule has 1 N–H and O–H groups in total. The third kappa shape index (κ3) is 3.29. The highest BCUT2D eigenvalue weighted by Crippen LogP contribution is 2.34. The number of aromatic amines is 1. The third-order valence-corrected chi connectivity index (χ3v) is 4.32. The van der Waals surface area contributed by atoms with E-state index in [9.17, 15) is 4.79 Å². The fourth-order valence-electron chi connectivity index (χ4n) is 3.12. The Morgan fingerprint density at radius 3 is 3.13 bits per heavy atom. The number of hydrogen-bond donors (Lipinski definition) is 1. The Hall–Kier alpha value is -2.15. The summed E-state index contributed by atoms with van der Waals surface area (Å²) in [5, 5.41) is 6.82. The molecule has 3 rings (SSSR count). The van der Waals surface area contributed by atoms with Crippen molar-refractivity contribution in [2.75, 3.05) is 13.7 Å². The highest BCUT2D eigenvalue weighted by molar-refractivity contribution is 5.79. The van der Waals surface area contributed by atoms with Crippen molar-refractivity contribution in [1.82, 2.24) is 24.6 Å². The number of nitrogens with one attached hydrogen (secondary N) is 1. The lowest BCUT2D eigenvalue weighted by Crippen LogP contribution is -2.39. The van der Waals surface area contributed by atoms with Gasteiger partial charge >= 0.3 is 0 Å². The van der Waals surface area contributed by atoms with E-state index in [4.69, 9.17) is 4.74 Å². The van der Waals surface area contributed by atoms with Crippen LogP contribution in [-0.2, 0) is 22.6 Å². The Labute approximate surface area is 135 Å². The second-order valence-corrected chi connectivity index (χ2v) is 5.89. The van der Waals surface area contributed by atoms with E-state index in [0.29, 0.717) is 13.2 Å². The van der Waals surface area contributed by atoms with Gasteiger partial charge in [0.1, 0.15) is 11.9 Å². The molecule has 1 saturated heterocycles. The van der Waals surface area contributed by atoms with Gasteiger partial charge in [-0.05, 0) is 25.8 Å². The summed E-state index contributed by atoms with van der Waals surface area (Å²) in [6.45, 7) is 4.08. The van der Waals surface area contributed by atoms with Crippen molar-refractivity contribution in [3.8, 4) is 0 Å². The molecule has 0 unspecified atom stereocenters. The zero-order valence-electron chi connectivity index (χ0n) is 13.6. The van der Waals surface area contributed by atoms with Crippen molar-refractivity contribution in [2.24, 2.45) is 5.92 Å². The second-order valence-electron chi connectivity index (χ2n) is 5.89. The molecule has 23 heavy (non-hydrogen) atoms. The quantitative estimate of drug-likeness (QED) is 0.911. The van der Waals surface area contributed by atoms with Gasteiger partial charge in [0.05, 0.1) is 18.2 Å². The Morgan fingerprint density at radius 1 is 1.52 bits per heavy atom. The number of nitrogens with zero attached hydrogens (tertiary/aromatic N) is 4. The van der Waals surface area contributed by atoms with Gasteiger partial charge in [0.2, 0.25) is 5.91 Å². The minimum Gasteiger partial charge on any atom is -0.369 e. The molecule has 2 aromatic heterocycles. The predicted molar refractivity (Wildman–Crippen MR) is 84.4 cm³/mol. The van der Waals surface area contributed by atoms with Crippen LogP contribution in [0.1, 0.15) is 37.4 Å². The summed E-state index contributed by atoms with van der Waals surface area (Å²) < 4.78 is 7.98. The number of imidazole rings is 1. The van der Waals surface area contributed by atoms with Crippen LogP contribution in [0.5, 0.6) is 0 Å². The number of hydrogen-bond acceptors (Lipinski definition) is 4. The largest absolute Gasteiger partial charge is 0.369 e. The number of H-pyrrole nitrogens is 1. The molecule has 0 bridgehead atoms. The first-order chi connectivity index (χ1) is 11.2. The summed E-state index contributed by atoms with van der Waals surface area (Å²) in [4.78, 5) is 19.1. The molecule has 1 aliphatic heterocycles. The summed E-state index contributed by atoms with van der Waals surface area (Å²) in [5.41, 5.74) is 0.921. The summed E-state index contributed by atoms with van der Waals surface area (Å²) in [7, 11) is 1.82. The van der Waals surface area contributed by atoms with Crippen LogP contribution >= 0.6 is 0 Å². The van der Waals surface area contributed by atoms with Gasteiger partial charge in [0.25, 0.3) is 0 Å². The highest BCUT2D eigenvalue weighted by atomic mass is 16.5. The lowest BCUT2D eigenvalue weighted by molar-refractivity contribution is -0.145.